The van der Waals surface area contributed by atoms with Gasteiger partial charge in [0.05, 0.1) is 6.54 Å². The minimum atomic E-state index is -0.212. The topological polar surface area (TPSA) is 58.4 Å². The summed E-state index contributed by atoms with van der Waals surface area (Å²) in [5.74, 6) is 0.462. The van der Waals surface area contributed by atoms with E-state index in [1.165, 1.54) is 19.3 Å². The molecule has 0 aromatic heterocycles. The summed E-state index contributed by atoms with van der Waals surface area (Å²) in [7, 11) is 0. The number of hydrogen-bond acceptors (Lipinski definition) is 3. The maximum absolute atomic E-state index is 11.0. The normalized spacial score (nSPS) is 22.6. The first-order valence-electron chi connectivity index (χ1n) is 6.32. The Balaban J connectivity index is 2.31. The number of amides is 1. The Morgan fingerprint density at radius 3 is 2.88 bits per heavy atom. The lowest BCUT2D eigenvalue weighted by Gasteiger charge is -2.35. The van der Waals surface area contributed by atoms with Crippen LogP contribution in [0.3, 0.4) is 0 Å². The van der Waals surface area contributed by atoms with Crippen molar-refractivity contribution in [1.29, 1.82) is 0 Å². The Morgan fingerprint density at radius 2 is 2.25 bits per heavy atom. The highest BCUT2D eigenvalue weighted by Crippen LogP contribution is 2.15. The van der Waals surface area contributed by atoms with Gasteiger partial charge < -0.3 is 11.1 Å². The van der Waals surface area contributed by atoms with Gasteiger partial charge in [-0.3, -0.25) is 9.69 Å². The highest BCUT2D eigenvalue weighted by Gasteiger charge is 2.22. The Bertz CT molecular complexity index is 218. The van der Waals surface area contributed by atoms with Crippen molar-refractivity contribution in [2.45, 2.75) is 39.2 Å². The van der Waals surface area contributed by atoms with Crippen molar-refractivity contribution in [2.75, 3.05) is 26.2 Å². The van der Waals surface area contributed by atoms with E-state index >= 15 is 0 Å². The van der Waals surface area contributed by atoms with Gasteiger partial charge in [0.2, 0.25) is 5.91 Å². The molecule has 4 nitrogen and oxygen atoms in total. The molecule has 1 aliphatic heterocycles. The second-order valence-electron chi connectivity index (χ2n) is 5.14. The van der Waals surface area contributed by atoms with E-state index in [4.69, 9.17) is 5.73 Å². The molecular formula is C12H25N3O. The van der Waals surface area contributed by atoms with Gasteiger partial charge in [-0.1, -0.05) is 20.3 Å². The van der Waals surface area contributed by atoms with Crippen LogP contribution in [0, 0.1) is 5.92 Å². The van der Waals surface area contributed by atoms with Gasteiger partial charge in [0.15, 0.2) is 0 Å². The number of nitrogens with two attached hydrogens (primary N) is 1. The van der Waals surface area contributed by atoms with E-state index in [0.717, 1.165) is 19.6 Å². The molecule has 0 aliphatic carbocycles. The van der Waals surface area contributed by atoms with Crippen molar-refractivity contribution in [3.05, 3.63) is 0 Å². The molecule has 1 atom stereocenters. The van der Waals surface area contributed by atoms with Crippen molar-refractivity contribution in [3.8, 4) is 0 Å². The Morgan fingerprint density at radius 1 is 1.50 bits per heavy atom. The quantitative estimate of drug-likeness (QED) is 0.697. The molecule has 94 valence electrons. The number of nitrogens with one attached hydrogen (secondary N) is 1. The summed E-state index contributed by atoms with van der Waals surface area (Å²) in [5, 5.41) is 3.46. The van der Waals surface area contributed by atoms with Crippen LogP contribution in [0.4, 0.5) is 0 Å². The van der Waals surface area contributed by atoms with Crippen molar-refractivity contribution in [2.24, 2.45) is 11.7 Å². The molecule has 1 unspecified atom stereocenters. The standard InChI is InChI=1S/C12H25N3O/c1-10(2)7-14-8-11-5-3-4-6-15(11)9-12(13)16/h10-11,14H,3-9H2,1-2H3,(H2,13,16). The van der Waals surface area contributed by atoms with E-state index in [0.29, 0.717) is 18.5 Å². The second kappa shape index (κ2) is 6.86. The smallest absolute Gasteiger partial charge is 0.231 e. The molecule has 16 heavy (non-hydrogen) atoms. The summed E-state index contributed by atoms with van der Waals surface area (Å²) in [5.41, 5.74) is 5.26. The number of carbonyl (C=O) groups excluding carboxylic acids is 1. The number of hydrogen-bond donors (Lipinski definition) is 2. The van der Waals surface area contributed by atoms with E-state index in [9.17, 15) is 4.79 Å². The summed E-state index contributed by atoms with van der Waals surface area (Å²) in [6, 6.07) is 0.486. The lowest BCUT2D eigenvalue weighted by Crippen LogP contribution is -2.49. The van der Waals surface area contributed by atoms with Crippen molar-refractivity contribution >= 4 is 5.91 Å². The third kappa shape index (κ3) is 4.94. The molecule has 0 spiro atoms. The number of nitrogens with zero attached hydrogens (tertiary/aromatic N) is 1. The molecule has 3 N–H and O–H groups in total. The average Bonchev–Trinajstić information content (AvgIpc) is 2.19. The van der Waals surface area contributed by atoms with Gasteiger partial charge in [-0.25, -0.2) is 0 Å². The number of likely N-dealkylation sites (tertiary alicyclic amines) is 1. The Hall–Kier alpha value is -0.610. The van der Waals surface area contributed by atoms with Crippen molar-refractivity contribution < 1.29 is 4.79 Å². The fourth-order valence-electron chi connectivity index (χ4n) is 2.24. The van der Waals surface area contributed by atoms with Gasteiger partial charge in [0.25, 0.3) is 0 Å². The van der Waals surface area contributed by atoms with Crippen molar-refractivity contribution in [1.82, 2.24) is 10.2 Å². The summed E-state index contributed by atoms with van der Waals surface area (Å²) in [6.07, 6.45) is 3.63. The van der Waals surface area contributed by atoms with Gasteiger partial charge in [0.1, 0.15) is 0 Å². The van der Waals surface area contributed by atoms with Gasteiger partial charge in [0, 0.05) is 12.6 Å². The van der Waals surface area contributed by atoms with Crippen molar-refractivity contribution in [3.63, 3.8) is 0 Å². The lowest BCUT2D eigenvalue weighted by atomic mass is 10.0. The first kappa shape index (κ1) is 13.5. The molecule has 1 heterocycles. The van der Waals surface area contributed by atoms with E-state index in [2.05, 4.69) is 24.1 Å². The van der Waals surface area contributed by atoms with Crippen LogP contribution in [0.2, 0.25) is 0 Å². The summed E-state index contributed by atoms with van der Waals surface area (Å²) < 4.78 is 0. The lowest BCUT2D eigenvalue weighted by molar-refractivity contribution is -0.120. The average molecular weight is 227 g/mol. The number of rotatable bonds is 6. The molecule has 1 fully saturated rings. The van der Waals surface area contributed by atoms with E-state index in [1.54, 1.807) is 0 Å². The van der Waals surface area contributed by atoms with E-state index in [1.807, 2.05) is 0 Å². The van der Waals surface area contributed by atoms with E-state index < -0.39 is 0 Å². The van der Waals surface area contributed by atoms with Gasteiger partial charge in [-0.15, -0.1) is 0 Å². The summed E-state index contributed by atoms with van der Waals surface area (Å²) in [4.78, 5) is 13.2. The fraction of sp³-hybridized carbons (Fsp3) is 0.917. The first-order chi connectivity index (χ1) is 7.59. The zero-order valence-electron chi connectivity index (χ0n) is 10.5. The number of primary amides is 1. The molecule has 0 aromatic carbocycles. The highest BCUT2D eigenvalue weighted by atomic mass is 16.1. The van der Waals surface area contributed by atoms with Gasteiger partial charge in [-0.05, 0) is 31.8 Å². The second-order valence-corrected chi connectivity index (χ2v) is 5.14. The molecule has 0 bridgehead atoms. The molecule has 0 saturated carbocycles. The molecule has 0 radical (unpaired) electrons. The van der Waals surface area contributed by atoms with Crippen LogP contribution in [0.25, 0.3) is 0 Å². The predicted octanol–water partition coefficient (Wildman–Crippen LogP) is 0.572. The predicted molar refractivity (Wildman–Crippen MR) is 66.1 cm³/mol. The van der Waals surface area contributed by atoms with Crippen LogP contribution in [-0.2, 0) is 4.79 Å². The summed E-state index contributed by atoms with van der Waals surface area (Å²) in [6.45, 7) is 7.85. The van der Waals surface area contributed by atoms with Gasteiger partial charge >= 0.3 is 0 Å². The minimum absolute atomic E-state index is 0.212. The maximum atomic E-state index is 11.0. The molecule has 1 rings (SSSR count). The third-order valence-electron chi connectivity index (χ3n) is 3.04. The fourth-order valence-corrected chi connectivity index (χ4v) is 2.24. The molecule has 1 saturated heterocycles. The molecule has 1 aliphatic rings. The highest BCUT2D eigenvalue weighted by molar-refractivity contribution is 5.75. The third-order valence-corrected chi connectivity index (χ3v) is 3.04. The van der Waals surface area contributed by atoms with Crippen LogP contribution < -0.4 is 11.1 Å². The zero-order chi connectivity index (χ0) is 12.0. The van der Waals surface area contributed by atoms with Crippen LogP contribution in [0.15, 0.2) is 0 Å². The molecule has 1 amide bonds. The van der Waals surface area contributed by atoms with Crippen LogP contribution in [0.1, 0.15) is 33.1 Å². The SMILES string of the molecule is CC(C)CNCC1CCCCN1CC(N)=O. The van der Waals surface area contributed by atoms with Crippen LogP contribution in [-0.4, -0.2) is 43.0 Å². The maximum Gasteiger partial charge on any atom is 0.231 e. The largest absolute Gasteiger partial charge is 0.369 e. The van der Waals surface area contributed by atoms with Crippen LogP contribution in [0.5, 0.6) is 0 Å². The monoisotopic (exact) mass is 227 g/mol. The molecule has 0 aromatic rings. The first-order valence-corrected chi connectivity index (χ1v) is 6.32. The molecular weight excluding hydrogens is 202 g/mol. The molecule has 4 heteroatoms. The van der Waals surface area contributed by atoms with Gasteiger partial charge in [-0.2, -0.15) is 0 Å². The van der Waals surface area contributed by atoms with E-state index in [-0.39, 0.29) is 5.91 Å². The minimum Gasteiger partial charge on any atom is -0.369 e. The zero-order valence-corrected chi connectivity index (χ0v) is 10.5. The Kier molecular flexibility index (Phi) is 5.77. The summed E-state index contributed by atoms with van der Waals surface area (Å²) >= 11 is 0. The Labute approximate surface area is 98.6 Å². The number of piperidine rings is 1. The van der Waals surface area contributed by atoms with Crippen LogP contribution >= 0.6 is 0 Å². The number of carbonyl (C=O) groups is 1.